The Morgan fingerprint density at radius 1 is 1.38 bits per heavy atom. The predicted molar refractivity (Wildman–Crippen MR) is 91.3 cm³/mol. The van der Waals surface area contributed by atoms with Crippen molar-refractivity contribution in [2.75, 3.05) is 26.0 Å². The summed E-state index contributed by atoms with van der Waals surface area (Å²) in [7, 11) is 1.81. The van der Waals surface area contributed by atoms with Gasteiger partial charge in [-0.2, -0.15) is 11.8 Å². The van der Waals surface area contributed by atoms with Gasteiger partial charge in [-0.1, -0.05) is 18.2 Å². The molecule has 2 N–H and O–H groups in total. The van der Waals surface area contributed by atoms with Crippen LogP contribution in [0.1, 0.15) is 25.3 Å². The number of rotatable bonds is 6. The molecule has 4 nitrogen and oxygen atoms in total. The molecule has 2 rings (SSSR count). The molecule has 1 aliphatic heterocycles. The van der Waals surface area contributed by atoms with E-state index in [1.807, 2.05) is 32.2 Å². The Morgan fingerprint density at radius 3 is 2.95 bits per heavy atom. The third-order valence-electron chi connectivity index (χ3n) is 3.46. The van der Waals surface area contributed by atoms with Crippen LogP contribution in [0.3, 0.4) is 0 Å². The van der Waals surface area contributed by atoms with E-state index in [1.54, 1.807) is 0 Å². The Morgan fingerprint density at radius 2 is 2.24 bits per heavy atom. The molecule has 1 aromatic carbocycles. The molecule has 21 heavy (non-hydrogen) atoms. The summed E-state index contributed by atoms with van der Waals surface area (Å²) in [6, 6.07) is 8.12. The number of nitrogens with one attached hydrogen (secondary N) is 2. The molecule has 0 amide bonds. The standard InChI is InChI=1S/C16H25N3OS/c1-3-20-15-9-5-4-7-13(15)11-18-16(17-2)19-12-14-8-6-10-21-14/h4-5,7,9,14H,3,6,8,10-12H2,1-2H3,(H2,17,18,19). The van der Waals surface area contributed by atoms with Crippen LogP contribution in [0, 0.1) is 0 Å². The fraction of sp³-hybridized carbons (Fsp3) is 0.562. The van der Waals surface area contributed by atoms with Gasteiger partial charge >= 0.3 is 0 Å². The number of hydrogen-bond acceptors (Lipinski definition) is 3. The normalized spacial score (nSPS) is 18.6. The van der Waals surface area contributed by atoms with E-state index < -0.39 is 0 Å². The summed E-state index contributed by atoms with van der Waals surface area (Å²) in [5.41, 5.74) is 1.15. The zero-order chi connectivity index (χ0) is 14.9. The number of aliphatic imine (C=N–C) groups is 1. The van der Waals surface area contributed by atoms with E-state index in [-0.39, 0.29) is 0 Å². The van der Waals surface area contributed by atoms with Gasteiger partial charge in [-0.05, 0) is 31.6 Å². The number of hydrogen-bond donors (Lipinski definition) is 2. The quantitative estimate of drug-likeness (QED) is 0.626. The van der Waals surface area contributed by atoms with Crippen LogP contribution >= 0.6 is 11.8 Å². The molecule has 1 heterocycles. The highest BCUT2D eigenvalue weighted by Crippen LogP contribution is 2.25. The van der Waals surface area contributed by atoms with Crippen molar-refractivity contribution in [1.82, 2.24) is 10.6 Å². The average molecular weight is 307 g/mol. The number of nitrogens with zero attached hydrogens (tertiary/aromatic N) is 1. The monoisotopic (exact) mass is 307 g/mol. The van der Waals surface area contributed by atoms with E-state index in [4.69, 9.17) is 4.74 Å². The number of ether oxygens (including phenoxy) is 1. The van der Waals surface area contributed by atoms with Crippen LogP contribution in [0.5, 0.6) is 5.75 Å². The van der Waals surface area contributed by atoms with Crippen LogP contribution in [-0.2, 0) is 6.54 Å². The summed E-state index contributed by atoms with van der Waals surface area (Å²) in [4.78, 5) is 4.28. The fourth-order valence-corrected chi connectivity index (χ4v) is 3.56. The minimum Gasteiger partial charge on any atom is -0.494 e. The van der Waals surface area contributed by atoms with Crippen molar-refractivity contribution >= 4 is 17.7 Å². The maximum absolute atomic E-state index is 5.64. The van der Waals surface area contributed by atoms with Crippen LogP contribution in [0.2, 0.25) is 0 Å². The van der Waals surface area contributed by atoms with Crippen LogP contribution in [0.4, 0.5) is 0 Å². The largest absolute Gasteiger partial charge is 0.494 e. The first kappa shape index (κ1) is 16.0. The lowest BCUT2D eigenvalue weighted by atomic mass is 10.2. The van der Waals surface area contributed by atoms with Crippen LogP contribution in [0.25, 0.3) is 0 Å². The van der Waals surface area contributed by atoms with E-state index in [9.17, 15) is 0 Å². The van der Waals surface area contributed by atoms with Gasteiger partial charge in [-0.3, -0.25) is 4.99 Å². The topological polar surface area (TPSA) is 45.6 Å². The van der Waals surface area contributed by atoms with Gasteiger partial charge < -0.3 is 15.4 Å². The minimum atomic E-state index is 0.683. The highest BCUT2D eigenvalue weighted by atomic mass is 32.2. The van der Waals surface area contributed by atoms with Crippen LogP contribution in [0.15, 0.2) is 29.3 Å². The Bertz CT molecular complexity index is 459. The smallest absolute Gasteiger partial charge is 0.191 e. The molecular formula is C16H25N3OS. The van der Waals surface area contributed by atoms with E-state index in [0.29, 0.717) is 13.2 Å². The molecule has 1 aromatic rings. The fourth-order valence-electron chi connectivity index (χ4n) is 2.36. The molecule has 1 unspecified atom stereocenters. The van der Waals surface area contributed by atoms with Gasteiger partial charge in [0.25, 0.3) is 0 Å². The molecule has 0 aliphatic carbocycles. The van der Waals surface area contributed by atoms with E-state index in [2.05, 4.69) is 33.5 Å². The highest BCUT2D eigenvalue weighted by molar-refractivity contribution is 8.00. The van der Waals surface area contributed by atoms with Gasteiger partial charge in [0.15, 0.2) is 5.96 Å². The summed E-state index contributed by atoms with van der Waals surface area (Å²) in [6.45, 7) is 4.39. The van der Waals surface area contributed by atoms with Gasteiger partial charge in [-0.15, -0.1) is 0 Å². The molecule has 0 radical (unpaired) electrons. The lowest BCUT2D eigenvalue weighted by Gasteiger charge is -2.16. The summed E-state index contributed by atoms with van der Waals surface area (Å²) >= 11 is 2.05. The molecule has 1 saturated heterocycles. The molecule has 116 valence electrons. The van der Waals surface area contributed by atoms with Crippen molar-refractivity contribution in [3.8, 4) is 5.75 Å². The van der Waals surface area contributed by atoms with Gasteiger partial charge in [0.1, 0.15) is 5.75 Å². The predicted octanol–water partition coefficient (Wildman–Crippen LogP) is 2.65. The molecule has 5 heteroatoms. The van der Waals surface area contributed by atoms with Crippen molar-refractivity contribution in [1.29, 1.82) is 0 Å². The van der Waals surface area contributed by atoms with Crippen LogP contribution in [-0.4, -0.2) is 37.2 Å². The number of benzene rings is 1. The molecule has 0 saturated carbocycles. The molecule has 0 bridgehead atoms. The zero-order valence-corrected chi connectivity index (χ0v) is 13.7. The first-order chi connectivity index (χ1) is 10.3. The van der Waals surface area contributed by atoms with Crippen LogP contribution < -0.4 is 15.4 Å². The molecule has 0 spiro atoms. The van der Waals surface area contributed by atoms with Gasteiger partial charge in [0, 0.05) is 31.0 Å². The SMILES string of the molecule is CCOc1ccccc1CNC(=NC)NCC1CCCS1. The third-order valence-corrected chi connectivity index (χ3v) is 4.86. The van der Waals surface area contributed by atoms with E-state index in [0.717, 1.165) is 29.1 Å². The Labute approximate surface area is 131 Å². The Hall–Kier alpha value is -1.36. The molecule has 1 aliphatic rings. The third kappa shape index (κ3) is 5.16. The van der Waals surface area contributed by atoms with E-state index in [1.165, 1.54) is 18.6 Å². The lowest BCUT2D eigenvalue weighted by molar-refractivity contribution is 0.336. The summed E-state index contributed by atoms with van der Waals surface area (Å²) in [5.74, 6) is 3.09. The second kappa shape index (κ2) is 8.82. The molecule has 0 aromatic heterocycles. The van der Waals surface area contributed by atoms with E-state index >= 15 is 0 Å². The summed E-state index contributed by atoms with van der Waals surface area (Å²) < 4.78 is 5.64. The summed E-state index contributed by atoms with van der Waals surface area (Å²) in [6.07, 6.45) is 2.65. The minimum absolute atomic E-state index is 0.683. The molecule has 1 atom stereocenters. The summed E-state index contributed by atoms with van der Waals surface area (Å²) in [5, 5.41) is 7.49. The second-order valence-corrected chi connectivity index (χ2v) is 6.39. The maximum atomic E-state index is 5.64. The number of guanidine groups is 1. The van der Waals surface area contributed by atoms with Gasteiger partial charge in [0.05, 0.1) is 6.61 Å². The highest BCUT2D eigenvalue weighted by Gasteiger charge is 2.15. The lowest BCUT2D eigenvalue weighted by Crippen LogP contribution is -2.39. The van der Waals surface area contributed by atoms with Gasteiger partial charge in [-0.25, -0.2) is 0 Å². The second-order valence-electron chi connectivity index (χ2n) is 4.98. The van der Waals surface area contributed by atoms with Crippen molar-refractivity contribution in [3.63, 3.8) is 0 Å². The Balaban J connectivity index is 1.82. The van der Waals surface area contributed by atoms with Crippen molar-refractivity contribution < 1.29 is 4.74 Å². The van der Waals surface area contributed by atoms with Gasteiger partial charge in [0.2, 0.25) is 0 Å². The Kier molecular flexibility index (Phi) is 6.73. The zero-order valence-electron chi connectivity index (χ0n) is 12.9. The number of thioether (sulfide) groups is 1. The molecular weight excluding hydrogens is 282 g/mol. The average Bonchev–Trinajstić information content (AvgIpc) is 3.02. The first-order valence-corrected chi connectivity index (χ1v) is 8.65. The van der Waals surface area contributed by atoms with Crippen molar-refractivity contribution in [2.24, 2.45) is 4.99 Å². The van der Waals surface area contributed by atoms with Crippen molar-refractivity contribution in [3.05, 3.63) is 29.8 Å². The first-order valence-electron chi connectivity index (χ1n) is 7.60. The maximum Gasteiger partial charge on any atom is 0.191 e. The molecule has 1 fully saturated rings. The number of para-hydroxylation sites is 1. The van der Waals surface area contributed by atoms with Crippen molar-refractivity contribution in [2.45, 2.75) is 31.6 Å².